The van der Waals surface area contributed by atoms with Crippen LogP contribution in [0.2, 0.25) is 0 Å². The van der Waals surface area contributed by atoms with Crippen molar-refractivity contribution in [3.8, 4) is 0 Å². The summed E-state index contributed by atoms with van der Waals surface area (Å²) in [4.78, 5) is 28.5. The average molecular weight is 284 g/mol. The van der Waals surface area contributed by atoms with Crippen LogP contribution in [0.25, 0.3) is 0 Å². The van der Waals surface area contributed by atoms with Gasteiger partial charge in [-0.2, -0.15) is 0 Å². The van der Waals surface area contributed by atoms with Crippen LogP contribution < -0.4 is 10.6 Å². The van der Waals surface area contributed by atoms with Crippen LogP contribution in [0.3, 0.4) is 0 Å². The minimum atomic E-state index is -3.95. The Balaban J connectivity index is 3.36. The Morgan fingerprint density at radius 3 is 2.53 bits per heavy atom. The molecule has 0 spiro atoms. The molecule has 0 aliphatic heterocycles. The summed E-state index contributed by atoms with van der Waals surface area (Å²) in [7, 11) is 0. The first-order valence-electron chi connectivity index (χ1n) is 5.55. The van der Waals surface area contributed by atoms with E-state index in [1.54, 1.807) is 0 Å². The minimum absolute atomic E-state index is 0.0280. The Bertz CT molecular complexity index is 272. The number of amides is 1. The summed E-state index contributed by atoms with van der Waals surface area (Å²) in [5.74, 6) is 0.419. The van der Waals surface area contributed by atoms with Crippen molar-refractivity contribution >= 4 is 24.1 Å². The third kappa shape index (κ3) is 10.8. The van der Waals surface area contributed by atoms with Gasteiger partial charge in [0.25, 0.3) is 0 Å². The van der Waals surface area contributed by atoms with E-state index in [9.17, 15) is 9.36 Å². The molecule has 0 saturated heterocycles. The molecule has 1 amide bonds. The van der Waals surface area contributed by atoms with E-state index >= 15 is 0 Å². The molecule has 0 fully saturated rings. The first-order valence-corrected chi connectivity index (χ1v) is 8.75. The number of nitrogens with one attached hydrogen (secondary N) is 2. The number of rotatable bonds is 9. The van der Waals surface area contributed by atoms with Crippen molar-refractivity contribution in [3.05, 3.63) is 0 Å². The fourth-order valence-electron chi connectivity index (χ4n) is 0.995. The lowest BCUT2D eigenvalue weighted by Crippen LogP contribution is -2.35. The molecule has 8 heteroatoms. The van der Waals surface area contributed by atoms with Crippen LogP contribution in [0.5, 0.6) is 0 Å². The van der Waals surface area contributed by atoms with Crippen LogP contribution in [0.4, 0.5) is 0 Å². The van der Waals surface area contributed by atoms with Gasteiger partial charge in [-0.15, -0.1) is 0 Å². The Hall–Kier alpha value is -0.0700. The average Bonchev–Trinajstić information content (AvgIpc) is 2.24. The second kappa shape index (κ2) is 8.94. The second-order valence-corrected chi connectivity index (χ2v) is 7.52. The van der Waals surface area contributed by atoms with Gasteiger partial charge in [0.1, 0.15) is 0 Å². The highest BCUT2D eigenvalue weighted by Gasteiger charge is 2.12. The summed E-state index contributed by atoms with van der Waals surface area (Å²) < 4.78 is 10.5. The summed E-state index contributed by atoms with van der Waals surface area (Å²) in [6.45, 7) is 1.53. The molecule has 0 aliphatic carbocycles. The van der Waals surface area contributed by atoms with Crippen molar-refractivity contribution in [3.63, 3.8) is 0 Å². The summed E-state index contributed by atoms with van der Waals surface area (Å²) in [5.41, 5.74) is 0. The largest absolute Gasteiger partial charge is 0.384 e. The summed E-state index contributed by atoms with van der Waals surface area (Å²) in [5, 5.41) is 5.77. The number of carbonyl (C=O) groups excluding carboxylic acids is 1. The van der Waals surface area contributed by atoms with Gasteiger partial charge in [-0.25, -0.2) is 4.57 Å². The molecule has 0 aromatic carbocycles. The maximum atomic E-state index is 11.3. The molecular weight excluding hydrogens is 263 g/mol. The molecule has 0 aliphatic rings. The van der Waals surface area contributed by atoms with E-state index in [-0.39, 0.29) is 11.8 Å². The smallest absolute Gasteiger partial charge is 0.355 e. The van der Waals surface area contributed by atoms with Crippen molar-refractivity contribution in [2.24, 2.45) is 5.92 Å². The van der Waals surface area contributed by atoms with Gasteiger partial charge in [-0.05, 0) is 17.8 Å². The summed E-state index contributed by atoms with van der Waals surface area (Å²) in [6.07, 6.45) is 0.818. The van der Waals surface area contributed by atoms with Gasteiger partial charge in [-0.3, -0.25) is 4.79 Å². The van der Waals surface area contributed by atoms with Gasteiger partial charge >= 0.3 is 6.80 Å². The van der Waals surface area contributed by atoms with Crippen molar-refractivity contribution in [1.29, 1.82) is 0 Å². The van der Waals surface area contributed by atoms with Crippen LogP contribution in [-0.4, -0.2) is 41.1 Å². The van der Waals surface area contributed by atoms with E-state index in [0.717, 1.165) is 6.42 Å². The molecule has 1 unspecified atom stereocenters. The van der Waals surface area contributed by atoms with Gasteiger partial charge in [-0.1, -0.05) is 13.8 Å². The lowest BCUT2D eigenvalue weighted by atomic mass is 10.1. The van der Waals surface area contributed by atoms with Gasteiger partial charge in [0.05, 0.1) is 0 Å². The topological polar surface area (TPSA) is 98.7 Å². The monoisotopic (exact) mass is 284 g/mol. The van der Waals surface area contributed by atoms with Crippen molar-refractivity contribution in [2.45, 2.75) is 20.3 Å². The van der Waals surface area contributed by atoms with Gasteiger partial charge < -0.3 is 20.4 Å². The van der Waals surface area contributed by atoms with E-state index in [1.807, 2.05) is 13.8 Å². The van der Waals surface area contributed by atoms with Crippen molar-refractivity contribution in [2.75, 3.05) is 25.4 Å². The fraction of sp³-hybridized carbons (Fsp3) is 0.889. The third-order valence-corrected chi connectivity index (χ3v) is 4.48. The van der Waals surface area contributed by atoms with E-state index < -0.39 is 6.80 Å². The molecule has 0 radical (unpaired) electrons. The predicted octanol–water partition coefficient (Wildman–Crippen LogP) is 0.564. The quantitative estimate of drug-likeness (QED) is 0.365. The molecule has 0 saturated carbocycles. The lowest BCUT2D eigenvalue weighted by molar-refractivity contribution is -0.124. The Kier molecular flexibility index (Phi) is 8.90. The third-order valence-electron chi connectivity index (χ3n) is 2.20. The van der Waals surface area contributed by atoms with Crippen LogP contribution >= 0.6 is 18.2 Å². The number of hydrogen-bond acceptors (Lipinski definition) is 4. The molecule has 1 atom stereocenters. The second-order valence-electron chi connectivity index (χ2n) is 3.67. The maximum absolute atomic E-state index is 11.3. The lowest BCUT2D eigenvalue weighted by Gasteiger charge is -2.10. The molecule has 4 N–H and O–H groups in total. The van der Waals surface area contributed by atoms with E-state index in [0.29, 0.717) is 36.8 Å². The Morgan fingerprint density at radius 1 is 1.35 bits per heavy atom. The zero-order chi connectivity index (χ0) is 13.3. The molecule has 0 rings (SSSR count). The van der Waals surface area contributed by atoms with E-state index in [2.05, 4.69) is 10.6 Å². The predicted molar refractivity (Wildman–Crippen MR) is 69.8 cm³/mol. The van der Waals surface area contributed by atoms with Crippen LogP contribution in [0, 0.1) is 5.92 Å². The summed E-state index contributed by atoms with van der Waals surface area (Å²) >= 11 is 0.623. The SMILES string of the molecule is CCC(C)C(=O)NCCNCCSP(=O)(O)O. The van der Waals surface area contributed by atoms with Gasteiger partial charge in [0.2, 0.25) is 5.91 Å². The molecule has 102 valence electrons. The highest BCUT2D eigenvalue weighted by atomic mass is 32.7. The molecule has 17 heavy (non-hydrogen) atoms. The first kappa shape index (κ1) is 16.9. The zero-order valence-corrected chi connectivity index (χ0v) is 11.9. The minimum Gasteiger partial charge on any atom is -0.355 e. The van der Waals surface area contributed by atoms with E-state index in [4.69, 9.17) is 9.79 Å². The molecule has 0 heterocycles. The van der Waals surface area contributed by atoms with Crippen LogP contribution in [-0.2, 0) is 9.36 Å². The Morgan fingerprint density at radius 2 is 2.00 bits per heavy atom. The summed E-state index contributed by atoms with van der Waals surface area (Å²) in [6, 6.07) is 0. The van der Waals surface area contributed by atoms with Crippen molar-refractivity contribution < 1.29 is 19.1 Å². The van der Waals surface area contributed by atoms with Crippen LogP contribution in [0.1, 0.15) is 20.3 Å². The van der Waals surface area contributed by atoms with Gasteiger partial charge in [0.15, 0.2) is 0 Å². The fourth-order valence-corrected chi connectivity index (χ4v) is 2.46. The van der Waals surface area contributed by atoms with Crippen molar-refractivity contribution in [1.82, 2.24) is 10.6 Å². The molecule has 6 nitrogen and oxygen atoms in total. The number of carbonyl (C=O) groups is 1. The normalized spacial score (nSPS) is 13.4. The first-order chi connectivity index (χ1) is 7.87. The van der Waals surface area contributed by atoms with E-state index in [1.165, 1.54) is 0 Å². The number of hydrogen-bond donors (Lipinski definition) is 4. The zero-order valence-electron chi connectivity index (χ0n) is 10.2. The van der Waals surface area contributed by atoms with Gasteiger partial charge in [0, 0.05) is 31.3 Å². The molecular formula is C9H21N2O4PS. The maximum Gasteiger partial charge on any atom is 0.384 e. The highest BCUT2D eigenvalue weighted by molar-refractivity contribution is 8.54. The standard InChI is InChI=1S/C9H21N2O4PS/c1-3-8(2)9(12)11-5-4-10-6-7-17-16(13,14)15/h8,10H,3-7H2,1-2H3,(H,11,12)(H2,13,14,15). The molecule has 0 bridgehead atoms. The Labute approximate surface area is 106 Å². The molecule has 0 aromatic heterocycles. The highest BCUT2D eigenvalue weighted by Crippen LogP contribution is 2.49. The van der Waals surface area contributed by atoms with Crippen LogP contribution in [0.15, 0.2) is 0 Å². The molecule has 0 aromatic rings.